The van der Waals surface area contributed by atoms with Gasteiger partial charge >= 0.3 is 12.1 Å². The number of ether oxygens (including phenoxy) is 1. The molecule has 6 heteroatoms. The number of carbonyl (C=O) groups excluding carboxylic acids is 1. The van der Waals surface area contributed by atoms with Crippen LogP contribution in [0.25, 0.3) is 6.08 Å². The van der Waals surface area contributed by atoms with E-state index in [0.717, 1.165) is 0 Å². The van der Waals surface area contributed by atoms with Crippen molar-refractivity contribution in [3.05, 3.63) is 35.7 Å². The number of carboxylic acids is 1. The second-order valence-electron chi connectivity index (χ2n) is 5.03. The number of aromatic nitrogens is 1. The maximum Gasteiger partial charge on any atom is 0.407 e. The van der Waals surface area contributed by atoms with Gasteiger partial charge in [0.2, 0.25) is 0 Å². The van der Waals surface area contributed by atoms with Crippen molar-refractivity contribution < 1.29 is 19.4 Å². The number of carbonyl (C=O) groups is 2. The van der Waals surface area contributed by atoms with E-state index in [0.29, 0.717) is 5.56 Å². The van der Waals surface area contributed by atoms with Crippen molar-refractivity contribution in [3.8, 4) is 0 Å². The number of hydrogen-bond acceptors (Lipinski definition) is 4. The van der Waals surface area contributed by atoms with Crippen LogP contribution in [0.1, 0.15) is 36.8 Å². The molecule has 0 spiro atoms. The Morgan fingerprint density at radius 3 is 2.75 bits per heavy atom. The van der Waals surface area contributed by atoms with Crippen LogP contribution in [0.3, 0.4) is 0 Å². The number of aromatic carboxylic acids is 1. The minimum Gasteiger partial charge on any atom is -0.476 e. The van der Waals surface area contributed by atoms with E-state index < -0.39 is 17.7 Å². The van der Waals surface area contributed by atoms with Crippen molar-refractivity contribution in [1.29, 1.82) is 0 Å². The minimum atomic E-state index is -1.09. The molecule has 0 radical (unpaired) electrons. The molecule has 0 aliphatic heterocycles. The number of hydrogen-bond donors (Lipinski definition) is 2. The van der Waals surface area contributed by atoms with Gasteiger partial charge in [0.15, 0.2) is 5.69 Å². The van der Waals surface area contributed by atoms with Gasteiger partial charge in [-0.1, -0.05) is 18.2 Å². The minimum absolute atomic E-state index is 0.0268. The van der Waals surface area contributed by atoms with Crippen LogP contribution in [0.5, 0.6) is 0 Å². The van der Waals surface area contributed by atoms with Gasteiger partial charge in [0.05, 0.1) is 0 Å². The van der Waals surface area contributed by atoms with Gasteiger partial charge in [-0.2, -0.15) is 0 Å². The van der Waals surface area contributed by atoms with Crippen LogP contribution in [0.2, 0.25) is 0 Å². The van der Waals surface area contributed by atoms with E-state index in [1.165, 1.54) is 6.20 Å². The zero-order valence-corrected chi connectivity index (χ0v) is 11.7. The van der Waals surface area contributed by atoms with Crippen LogP contribution >= 0.6 is 0 Å². The number of rotatable bonds is 4. The summed E-state index contributed by atoms with van der Waals surface area (Å²) in [5, 5.41) is 11.5. The summed E-state index contributed by atoms with van der Waals surface area (Å²) >= 11 is 0. The Bertz CT molecular complexity index is 518. The number of nitrogens with zero attached hydrogens (tertiary/aromatic N) is 1. The third-order valence-electron chi connectivity index (χ3n) is 2.10. The second-order valence-corrected chi connectivity index (χ2v) is 5.03. The van der Waals surface area contributed by atoms with Crippen molar-refractivity contribution in [1.82, 2.24) is 10.3 Å². The number of pyridine rings is 1. The lowest BCUT2D eigenvalue weighted by atomic mass is 10.2. The summed E-state index contributed by atoms with van der Waals surface area (Å²) in [6.45, 7) is 5.56. The topological polar surface area (TPSA) is 88.5 Å². The third kappa shape index (κ3) is 5.51. The fraction of sp³-hybridized carbons (Fsp3) is 0.357. The van der Waals surface area contributed by atoms with Gasteiger partial charge in [0.1, 0.15) is 5.60 Å². The van der Waals surface area contributed by atoms with Crippen molar-refractivity contribution in [2.45, 2.75) is 26.4 Å². The van der Waals surface area contributed by atoms with Crippen LogP contribution in [0, 0.1) is 0 Å². The van der Waals surface area contributed by atoms with Crippen LogP contribution in [0.15, 0.2) is 24.4 Å². The monoisotopic (exact) mass is 278 g/mol. The average molecular weight is 278 g/mol. The molecule has 20 heavy (non-hydrogen) atoms. The van der Waals surface area contributed by atoms with Crippen LogP contribution in [-0.2, 0) is 4.74 Å². The predicted octanol–water partition coefficient (Wildman–Crippen LogP) is 2.32. The molecule has 0 bridgehead atoms. The van der Waals surface area contributed by atoms with Gasteiger partial charge in [0, 0.05) is 18.3 Å². The highest BCUT2D eigenvalue weighted by atomic mass is 16.6. The maximum absolute atomic E-state index is 11.4. The van der Waals surface area contributed by atoms with E-state index in [1.807, 2.05) is 0 Å². The SMILES string of the molecule is CC(C)(C)OC(=O)NCC=Cc1cccnc1C(=O)O. The summed E-state index contributed by atoms with van der Waals surface area (Å²) in [5.41, 5.74) is -0.0971. The molecule has 0 aromatic carbocycles. The summed E-state index contributed by atoms with van der Waals surface area (Å²) in [7, 11) is 0. The molecule has 1 heterocycles. The summed E-state index contributed by atoms with van der Waals surface area (Å²) < 4.78 is 5.06. The van der Waals surface area contributed by atoms with Gasteiger partial charge in [-0.25, -0.2) is 14.6 Å². The van der Waals surface area contributed by atoms with Gasteiger partial charge in [0.25, 0.3) is 0 Å². The second kappa shape index (κ2) is 6.70. The average Bonchev–Trinajstić information content (AvgIpc) is 2.33. The van der Waals surface area contributed by atoms with Crippen molar-refractivity contribution >= 4 is 18.1 Å². The Kier molecular flexibility index (Phi) is 5.25. The molecule has 108 valence electrons. The van der Waals surface area contributed by atoms with E-state index in [1.54, 1.807) is 45.1 Å². The van der Waals surface area contributed by atoms with Crippen molar-refractivity contribution in [2.75, 3.05) is 6.54 Å². The summed E-state index contributed by atoms with van der Waals surface area (Å²) in [6.07, 6.45) is 4.12. The van der Waals surface area contributed by atoms with Crippen LogP contribution in [0.4, 0.5) is 4.79 Å². The van der Waals surface area contributed by atoms with E-state index in [-0.39, 0.29) is 12.2 Å². The summed E-state index contributed by atoms with van der Waals surface area (Å²) in [6, 6.07) is 3.29. The Hall–Kier alpha value is -2.37. The molecular formula is C14H18N2O4. The zero-order chi connectivity index (χ0) is 15.2. The molecule has 0 aliphatic rings. The zero-order valence-electron chi connectivity index (χ0n) is 11.7. The van der Waals surface area contributed by atoms with E-state index in [9.17, 15) is 9.59 Å². The van der Waals surface area contributed by atoms with E-state index >= 15 is 0 Å². The fourth-order valence-corrected chi connectivity index (χ4v) is 1.37. The Labute approximate surface area is 117 Å². The number of amides is 1. The smallest absolute Gasteiger partial charge is 0.407 e. The highest BCUT2D eigenvalue weighted by Gasteiger charge is 2.15. The van der Waals surface area contributed by atoms with Crippen molar-refractivity contribution in [3.63, 3.8) is 0 Å². The van der Waals surface area contributed by atoms with Gasteiger partial charge in [-0.15, -0.1) is 0 Å². The molecule has 0 aliphatic carbocycles. The molecule has 0 atom stereocenters. The molecule has 1 aromatic heterocycles. The molecule has 2 N–H and O–H groups in total. The lowest BCUT2D eigenvalue weighted by Crippen LogP contribution is -2.32. The quantitative estimate of drug-likeness (QED) is 0.882. The fourth-order valence-electron chi connectivity index (χ4n) is 1.37. The molecule has 6 nitrogen and oxygen atoms in total. The lowest BCUT2D eigenvalue weighted by Gasteiger charge is -2.19. The molecule has 1 amide bonds. The lowest BCUT2D eigenvalue weighted by molar-refractivity contribution is 0.0533. The third-order valence-corrected chi connectivity index (χ3v) is 2.10. The van der Waals surface area contributed by atoms with Crippen LogP contribution < -0.4 is 5.32 Å². The van der Waals surface area contributed by atoms with E-state index in [4.69, 9.17) is 9.84 Å². The molecular weight excluding hydrogens is 260 g/mol. The molecule has 1 rings (SSSR count). The van der Waals surface area contributed by atoms with Gasteiger partial charge < -0.3 is 15.2 Å². The van der Waals surface area contributed by atoms with Gasteiger partial charge in [-0.3, -0.25) is 0 Å². The molecule has 0 saturated heterocycles. The Morgan fingerprint density at radius 1 is 1.45 bits per heavy atom. The number of carboxylic acid groups (broad SMARTS) is 1. The predicted molar refractivity (Wildman–Crippen MR) is 74.5 cm³/mol. The standard InChI is InChI=1S/C14H18N2O4/c1-14(2,3)20-13(19)16-9-5-7-10-6-4-8-15-11(10)12(17)18/h4-8H,9H2,1-3H3,(H,16,19)(H,17,18). The van der Waals surface area contributed by atoms with Gasteiger partial charge in [-0.05, 0) is 26.8 Å². The van der Waals surface area contributed by atoms with E-state index in [2.05, 4.69) is 10.3 Å². The summed E-state index contributed by atoms with van der Waals surface area (Å²) in [5.74, 6) is -1.09. The first-order valence-corrected chi connectivity index (χ1v) is 6.11. The first-order valence-electron chi connectivity index (χ1n) is 6.11. The molecule has 0 fully saturated rings. The first kappa shape index (κ1) is 15.7. The number of nitrogens with one attached hydrogen (secondary N) is 1. The molecule has 1 aromatic rings. The van der Waals surface area contributed by atoms with Crippen LogP contribution in [-0.4, -0.2) is 34.3 Å². The first-order chi connectivity index (χ1) is 9.29. The normalized spacial score (nSPS) is 11.3. The summed E-state index contributed by atoms with van der Waals surface area (Å²) in [4.78, 5) is 26.1. The Balaban J connectivity index is 2.54. The highest BCUT2D eigenvalue weighted by molar-refractivity contribution is 5.89. The molecule has 0 unspecified atom stereocenters. The highest BCUT2D eigenvalue weighted by Crippen LogP contribution is 2.08. The Morgan fingerprint density at radius 2 is 2.15 bits per heavy atom. The largest absolute Gasteiger partial charge is 0.476 e. The van der Waals surface area contributed by atoms with Crippen molar-refractivity contribution in [2.24, 2.45) is 0 Å². The molecule has 0 saturated carbocycles. The number of alkyl carbamates (subject to hydrolysis) is 1. The maximum atomic E-state index is 11.4.